The first-order chi connectivity index (χ1) is 13.5. The average Bonchev–Trinajstić information content (AvgIpc) is 2.69. The topological polar surface area (TPSA) is 76.6 Å². The van der Waals surface area contributed by atoms with Crippen molar-refractivity contribution in [1.82, 2.24) is 14.9 Å². The Morgan fingerprint density at radius 1 is 1.25 bits per heavy atom. The van der Waals surface area contributed by atoms with E-state index in [-0.39, 0.29) is 18.3 Å². The monoisotopic (exact) mass is 384 g/mol. The van der Waals surface area contributed by atoms with Gasteiger partial charge < -0.3 is 19.7 Å². The van der Waals surface area contributed by atoms with Crippen LogP contribution >= 0.6 is 0 Å². The summed E-state index contributed by atoms with van der Waals surface area (Å²) in [6, 6.07) is 9.97. The summed E-state index contributed by atoms with van der Waals surface area (Å²) in [5.74, 6) is 1.23. The van der Waals surface area contributed by atoms with Crippen molar-refractivity contribution in [1.29, 1.82) is 0 Å². The molecule has 0 spiro atoms. The third-order valence-electron chi connectivity index (χ3n) is 4.63. The number of carbonyl (C=O) groups is 1. The Hall–Kier alpha value is -2.83. The van der Waals surface area contributed by atoms with Crippen LogP contribution in [0.15, 0.2) is 36.7 Å². The molecular weight excluding hydrogens is 356 g/mol. The number of aromatic nitrogens is 2. The van der Waals surface area contributed by atoms with Crippen LogP contribution in [0.4, 0.5) is 16.3 Å². The third-order valence-corrected chi connectivity index (χ3v) is 4.63. The van der Waals surface area contributed by atoms with Gasteiger partial charge in [-0.2, -0.15) is 0 Å². The standard InChI is InChI=1S/C21H28N4O3/c1-4-16-7-5-6-8-18(16)24-19-13-20(23-14-22-19)28-17-9-11-25(12-10-17)21(26)27-15(2)3/h5-8,13-15,17H,4,9-12H2,1-3H3,(H,22,23,24). The molecule has 0 bridgehead atoms. The number of nitrogens with one attached hydrogen (secondary N) is 1. The number of hydrogen-bond donors (Lipinski definition) is 1. The van der Waals surface area contributed by atoms with E-state index in [1.807, 2.05) is 38.1 Å². The van der Waals surface area contributed by atoms with Crippen LogP contribution in [0.2, 0.25) is 0 Å². The summed E-state index contributed by atoms with van der Waals surface area (Å²) in [7, 11) is 0. The second-order valence-corrected chi connectivity index (χ2v) is 7.11. The Bertz CT molecular complexity index is 789. The van der Waals surface area contributed by atoms with Crippen molar-refractivity contribution in [3.05, 3.63) is 42.2 Å². The van der Waals surface area contributed by atoms with Gasteiger partial charge in [-0.15, -0.1) is 0 Å². The van der Waals surface area contributed by atoms with E-state index in [2.05, 4.69) is 28.3 Å². The van der Waals surface area contributed by atoms with E-state index in [1.165, 1.54) is 11.9 Å². The lowest BCUT2D eigenvalue weighted by Gasteiger charge is -2.31. The number of carbonyl (C=O) groups excluding carboxylic acids is 1. The van der Waals surface area contributed by atoms with Crippen LogP contribution in [-0.2, 0) is 11.2 Å². The van der Waals surface area contributed by atoms with E-state index in [0.717, 1.165) is 24.9 Å². The molecule has 0 saturated carbocycles. The van der Waals surface area contributed by atoms with Gasteiger partial charge in [-0.25, -0.2) is 14.8 Å². The van der Waals surface area contributed by atoms with Gasteiger partial charge >= 0.3 is 6.09 Å². The second kappa shape index (κ2) is 9.39. The van der Waals surface area contributed by atoms with E-state index >= 15 is 0 Å². The van der Waals surface area contributed by atoms with Crippen molar-refractivity contribution >= 4 is 17.6 Å². The van der Waals surface area contributed by atoms with Crippen molar-refractivity contribution in [2.24, 2.45) is 0 Å². The second-order valence-electron chi connectivity index (χ2n) is 7.11. The van der Waals surface area contributed by atoms with Crippen molar-refractivity contribution in [3.8, 4) is 5.88 Å². The Kier molecular flexibility index (Phi) is 6.68. The highest BCUT2D eigenvalue weighted by molar-refractivity contribution is 5.67. The Labute approximate surface area is 166 Å². The van der Waals surface area contributed by atoms with Crippen LogP contribution in [-0.4, -0.2) is 46.3 Å². The van der Waals surface area contributed by atoms with E-state index in [4.69, 9.17) is 9.47 Å². The quantitative estimate of drug-likeness (QED) is 0.805. The average molecular weight is 384 g/mol. The van der Waals surface area contributed by atoms with E-state index in [9.17, 15) is 4.79 Å². The molecule has 150 valence electrons. The van der Waals surface area contributed by atoms with Gasteiger partial charge in [0.15, 0.2) is 0 Å². The van der Waals surface area contributed by atoms with Crippen LogP contribution in [0.3, 0.4) is 0 Å². The fraction of sp³-hybridized carbons (Fsp3) is 0.476. The summed E-state index contributed by atoms with van der Waals surface area (Å²) in [5, 5.41) is 3.34. The molecule has 1 amide bonds. The van der Waals surface area contributed by atoms with Gasteiger partial charge in [-0.1, -0.05) is 25.1 Å². The molecule has 1 N–H and O–H groups in total. The molecule has 1 saturated heterocycles. The number of ether oxygens (including phenoxy) is 2. The predicted octanol–water partition coefficient (Wildman–Crippen LogP) is 4.17. The highest BCUT2D eigenvalue weighted by Crippen LogP contribution is 2.23. The summed E-state index contributed by atoms with van der Waals surface area (Å²) >= 11 is 0. The zero-order chi connectivity index (χ0) is 19.9. The van der Waals surface area contributed by atoms with E-state index in [0.29, 0.717) is 24.8 Å². The summed E-state index contributed by atoms with van der Waals surface area (Å²) in [5.41, 5.74) is 2.26. The van der Waals surface area contributed by atoms with Gasteiger partial charge in [0.2, 0.25) is 5.88 Å². The Balaban J connectivity index is 1.56. The minimum absolute atomic E-state index is 0.0220. The van der Waals surface area contributed by atoms with Crippen molar-refractivity contribution in [2.75, 3.05) is 18.4 Å². The van der Waals surface area contributed by atoms with Crippen molar-refractivity contribution in [3.63, 3.8) is 0 Å². The molecule has 1 aliphatic rings. The maximum Gasteiger partial charge on any atom is 0.410 e. The highest BCUT2D eigenvalue weighted by Gasteiger charge is 2.25. The number of amides is 1. The molecule has 0 radical (unpaired) electrons. The number of hydrogen-bond acceptors (Lipinski definition) is 6. The molecule has 1 fully saturated rings. The molecule has 2 heterocycles. The lowest BCUT2D eigenvalue weighted by Crippen LogP contribution is -2.42. The maximum atomic E-state index is 12.0. The number of nitrogens with zero attached hydrogens (tertiary/aromatic N) is 3. The summed E-state index contributed by atoms with van der Waals surface area (Å²) in [6.45, 7) is 7.08. The lowest BCUT2D eigenvalue weighted by atomic mass is 10.1. The SMILES string of the molecule is CCc1ccccc1Nc1cc(OC2CCN(C(=O)OC(C)C)CC2)ncn1. The minimum Gasteiger partial charge on any atom is -0.474 e. The van der Waals surface area contributed by atoms with E-state index < -0.39 is 0 Å². The van der Waals surface area contributed by atoms with Gasteiger partial charge in [0.1, 0.15) is 18.2 Å². The van der Waals surface area contributed by atoms with Gasteiger partial charge in [-0.05, 0) is 31.9 Å². The first-order valence-corrected chi connectivity index (χ1v) is 9.84. The number of para-hydroxylation sites is 1. The van der Waals surface area contributed by atoms with Gasteiger partial charge in [0.25, 0.3) is 0 Å². The largest absolute Gasteiger partial charge is 0.474 e. The van der Waals surface area contributed by atoms with Crippen molar-refractivity contribution in [2.45, 2.75) is 52.2 Å². The Morgan fingerprint density at radius 2 is 2.00 bits per heavy atom. The molecule has 3 rings (SSSR count). The first kappa shape index (κ1) is 19.9. The maximum absolute atomic E-state index is 12.0. The number of piperidine rings is 1. The zero-order valence-corrected chi connectivity index (χ0v) is 16.7. The highest BCUT2D eigenvalue weighted by atomic mass is 16.6. The number of likely N-dealkylation sites (tertiary alicyclic amines) is 1. The van der Waals surface area contributed by atoms with Crippen LogP contribution in [0.1, 0.15) is 39.2 Å². The fourth-order valence-electron chi connectivity index (χ4n) is 3.16. The van der Waals surface area contributed by atoms with Gasteiger partial charge in [0, 0.05) is 37.7 Å². The fourth-order valence-corrected chi connectivity index (χ4v) is 3.16. The van der Waals surface area contributed by atoms with Crippen LogP contribution < -0.4 is 10.1 Å². The number of anilines is 2. The van der Waals surface area contributed by atoms with Gasteiger partial charge in [0.05, 0.1) is 6.10 Å². The van der Waals surface area contributed by atoms with Crippen molar-refractivity contribution < 1.29 is 14.3 Å². The van der Waals surface area contributed by atoms with E-state index in [1.54, 1.807) is 4.90 Å². The number of benzene rings is 1. The first-order valence-electron chi connectivity index (χ1n) is 9.84. The molecule has 1 aliphatic heterocycles. The molecule has 1 aromatic heterocycles. The molecule has 7 nitrogen and oxygen atoms in total. The van der Waals surface area contributed by atoms with Gasteiger partial charge in [-0.3, -0.25) is 0 Å². The molecular formula is C21H28N4O3. The van der Waals surface area contributed by atoms with Crippen LogP contribution in [0, 0.1) is 0 Å². The molecule has 0 aliphatic carbocycles. The molecule has 1 aromatic carbocycles. The van der Waals surface area contributed by atoms with Crippen LogP contribution in [0.5, 0.6) is 5.88 Å². The third kappa shape index (κ3) is 5.34. The molecule has 7 heteroatoms. The minimum atomic E-state index is -0.253. The van der Waals surface area contributed by atoms with Crippen LogP contribution in [0.25, 0.3) is 0 Å². The predicted molar refractivity (Wildman–Crippen MR) is 108 cm³/mol. The molecule has 28 heavy (non-hydrogen) atoms. The summed E-state index contributed by atoms with van der Waals surface area (Å²) in [6.07, 6.45) is 3.60. The summed E-state index contributed by atoms with van der Waals surface area (Å²) < 4.78 is 11.3. The Morgan fingerprint density at radius 3 is 2.71 bits per heavy atom. The summed E-state index contributed by atoms with van der Waals surface area (Å²) in [4.78, 5) is 22.2. The molecule has 2 aromatic rings. The zero-order valence-electron chi connectivity index (χ0n) is 16.7. The smallest absolute Gasteiger partial charge is 0.410 e. The molecule has 0 atom stereocenters. The number of aryl methyl sites for hydroxylation is 1. The number of rotatable bonds is 6. The lowest BCUT2D eigenvalue weighted by molar-refractivity contribution is 0.0507. The normalized spacial score (nSPS) is 14.8. The molecule has 0 unspecified atom stereocenters.